The highest BCUT2D eigenvalue weighted by Crippen LogP contribution is 2.51. The fourth-order valence-corrected chi connectivity index (χ4v) is 3.90. The first-order valence-corrected chi connectivity index (χ1v) is 7.43. The van der Waals surface area contributed by atoms with Crippen molar-refractivity contribution in [2.45, 2.75) is 13.1 Å². The molecule has 1 aromatic rings. The number of aliphatic carboxylic acids is 1. The Morgan fingerprint density at radius 1 is 1.10 bits per heavy atom. The SMILES string of the molecule is O=C(O)C1[C@H]2CN(C(=O)CN3Cc4ccccc4C3)C[C@@H]12. The topological polar surface area (TPSA) is 60.9 Å². The molecule has 5 heteroatoms. The van der Waals surface area contributed by atoms with E-state index in [1.54, 1.807) is 0 Å². The van der Waals surface area contributed by atoms with Gasteiger partial charge in [0.15, 0.2) is 0 Å². The quantitative estimate of drug-likeness (QED) is 0.892. The normalized spacial score (nSPS) is 30.1. The molecule has 3 atom stereocenters. The standard InChI is InChI=1S/C16H18N2O3/c19-14(18-7-12-13(8-18)15(12)16(20)21)9-17-5-10-3-1-2-4-11(10)6-17/h1-4,12-13,15H,5-9H2,(H,20,21)/t12-,13+,15?. The summed E-state index contributed by atoms with van der Waals surface area (Å²) < 4.78 is 0. The number of carbonyl (C=O) groups is 2. The molecule has 110 valence electrons. The lowest BCUT2D eigenvalue weighted by Gasteiger charge is -2.22. The van der Waals surface area contributed by atoms with E-state index in [1.807, 2.05) is 17.0 Å². The highest BCUT2D eigenvalue weighted by atomic mass is 16.4. The molecule has 1 amide bonds. The maximum atomic E-state index is 12.3. The lowest BCUT2D eigenvalue weighted by molar-refractivity contribution is -0.141. The highest BCUT2D eigenvalue weighted by Gasteiger charge is 2.60. The molecule has 4 rings (SSSR count). The zero-order valence-corrected chi connectivity index (χ0v) is 11.7. The van der Waals surface area contributed by atoms with Crippen LogP contribution in [-0.2, 0) is 22.7 Å². The van der Waals surface area contributed by atoms with E-state index < -0.39 is 5.97 Å². The molecule has 2 heterocycles. The molecule has 1 unspecified atom stereocenters. The minimum absolute atomic E-state index is 0.138. The van der Waals surface area contributed by atoms with Gasteiger partial charge in [0.25, 0.3) is 0 Å². The summed E-state index contributed by atoms with van der Waals surface area (Å²) in [5.41, 5.74) is 2.61. The van der Waals surface area contributed by atoms with Crippen LogP contribution in [0.15, 0.2) is 24.3 Å². The minimum atomic E-state index is -0.702. The molecule has 1 saturated heterocycles. The maximum Gasteiger partial charge on any atom is 0.307 e. The molecule has 1 aliphatic carbocycles. The van der Waals surface area contributed by atoms with Crippen molar-refractivity contribution in [1.82, 2.24) is 9.80 Å². The van der Waals surface area contributed by atoms with Crippen LogP contribution >= 0.6 is 0 Å². The maximum absolute atomic E-state index is 12.3. The van der Waals surface area contributed by atoms with Gasteiger partial charge in [-0.25, -0.2) is 0 Å². The van der Waals surface area contributed by atoms with Crippen molar-refractivity contribution in [3.05, 3.63) is 35.4 Å². The molecule has 0 spiro atoms. The number of nitrogens with zero attached hydrogens (tertiary/aromatic N) is 2. The Hall–Kier alpha value is -1.88. The molecular weight excluding hydrogens is 268 g/mol. The summed E-state index contributed by atoms with van der Waals surface area (Å²) in [6, 6.07) is 8.29. The number of carboxylic acids is 1. The zero-order valence-electron chi connectivity index (χ0n) is 11.7. The van der Waals surface area contributed by atoms with Gasteiger partial charge in [0, 0.05) is 26.2 Å². The summed E-state index contributed by atoms with van der Waals surface area (Å²) in [5.74, 6) is -0.374. The van der Waals surface area contributed by atoms with Crippen molar-refractivity contribution >= 4 is 11.9 Å². The van der Waals surface area contributed by atoms with Crippen molar-refractivity contribution in [3.63, 3.8) is 0 Å². The number of hydrogen-bond acceptors (Lipinski definition) is 3. The summed E-state index contributed by atoms with van der Waals surface area (Å²) in [6.07, 6.45) is 0. The molecule has 5 nitrogen and oxygen atoms in total. The van der Waals surface area contributed by atoms with E-state index in [0.29, 0.717) is 19.6 Å². The Labute approximate surface area is 123 Å². The van der Waals surface area contributed by atoms with Crippen molar-refractivity contribution in [2.75, 3.05) is 19.6 Å². The largest absolute Gasteiger partial charge is 0.481 e. The number of fused-ring (bicyclic) bond motifs is 2. The molecule has 1 saturated carbocycles. The Bertz CT molecular complexity index is 578. The average Bonchev–Trinajstić information content (AvgIpc) is 2.83. The number of rotatable bonds is 3. The molecule has 2 aliphatic heterocycles. The van der Waals surface area contributed by atoms with E-state index in [1.165, 1.54) is 11.1 Å². The predicted octanol–water partition coefficient (Wildman–Crippen LogP) is 0.791. The number of hydrogen-bond donors (Lipinski definition) is 1. The summed E-state index contributed by atoms with van der Waals surface area (Å²) in [5, 5.41) is 9.00. The van der Waals surface area contributed by atoms with Gasteiger partial charge >= 0.3 is 5.97 Å². The van der Waals surface area contributed by atoms with Crippen LogP contribution in [0.25, 0.3) is 0 Å². The van der Waals surface area contributed by atoms with Crippen molar-refractivity contribution in [3.8, 4) is 0 Å². The second-order valence-electron chi connectivity index (χ2n) is 6.40. The lowest BCUT2D eigenvalue weighted by atomic mass is 10.1. The van der Waals surface area contributed by atoms with Gasteiger partial charge in [-0.1, -0.05) is 24.3 Å². The van der Waals surface area contributed by atoms with Gasteiger partial charge in [0.2, 0.25) is 5.91 Å². The second-order valence-corrected chi connectivity index (χ2v) is 6.40. The summed E-state index contributed by atoms with van der Waals surface area (Å²) in [6.45, 7) is 3.36. The van der Waals surface area contributed by atoms with E-state index >= 15 is 0 Å². The molecule has 1 N–H and O–H groups in total. The number of amides is 1. The first-order chi connectivity index (χ1) is 10.1. The Morgan fingerprint density at radius 2 is 1.67 bits per heavy atom. The molecule has 2 fully saturated rings. The number of benzene rings is 1. The summed E-state index contributed by atoms with van der Waals surface area (Å²) >= 11 is 0. The Balaban J connectivity index is 1.32. The monoisotopic (exact) mass is 286 g/mol. The van der Waals surface area contributed by atoms with Crippen molar-refractivity contribution in [2.24, 2.45) is 17.8 Å². The Kier molecular flexibility index (Phi) is 2.79. The van der Waals surface area contributed by atoms with Gasteiger partial charge in [-0.15, -0.1) is 0 Å². The third-order valence-corrected chi connectivity index (χ3v) is 5.10. The highest BCUT2D eigenvalue weighted by molar-refractivity contribution is 5.81. The van der Waals surface area contributed by atoms with E-state index in [9.17, 15) is 9.59 Å². The summed E-state index contributed by atoms with van der Waals surface area (Å²) in [7, 11) is 0. The lowest BCUT2D eigenvalue weighted by Crippen LogP contribution is -2.39. The Morgan fingerprint density at radius 3 is 2.19 bits per heavy atom. The van der Waals surface area contributed by atoms with E-state index in [0.717, 1.165) is 13.1 Å². The first kappa shape index (κ1) is 12.8. The smallest absolute Gasteiger partial charge is 0.307 e. The van der Waals surface area contributed by atoms with Gasteiger partial charge in [-0.3, -0.25) is 14.5 Å². The van der Waals surface area contributed by atoms with E-state index in [-0.39, 0.29) is 23.7 Å². The third kappa shape index (κ3) is 2.12. The zero-order chi connectivity index (χ0) is 14.6. The summed E-state index contributed by atoms with van der Waals surface area (Å²) in [4.78, 5) is 27.3. The van der Waals surface area contributed by atoms with Crippen molar-refractivity contribution in [1.29, 1.82) is 0 Å². The van der Waals surface area contributed by atoms with Gasteiger partial charge in [0.05, 0.1) is 12.5 Å². The molecule has 21 heavy (non-hydrogen) atoms. The van der Waals surface area contributed by atoms with Crippen LogP contribution in [0.5, 0.6) is 0 Å². The predicted molar refractivity (Wildman–Crippen MR) is 75.2 cm³/mol. The molecule has 3 aliphatic rings. The average molecular weight is 286 g/mol. The van der Waals surface area contributed by atoms with E-state index in [4.69, 9.17) is 5.11 Å². The van der Waals surface area contributed by atoms with Gasteiger partial charge < -0.3 is 10.0 Å². The van der Waals surface area contributed by atoms with E-state index in [2.05, 4.69) is 17.0 Å². The van der Waals surface area contributed by atoms with Crippen molar-refractivity contribution < 1.29 is 14.7 Å². The number of carboxylic acid groups (broad SMARTS) is 1. The number of piperidine rings is 1. The molecule has 0 radical (unpaired) electrons. The fourth-order valence-electron chi connectivity index (χ4n) is 3.90. The second kappa shape index (κ2) is 4.56. The first-order valence-electron chi connectivity index (χ1n) is 7.43. The molecular formula is C16H18N2O3. The van der Waals surface area contributed by atoms with Gasteiger partial charge in [0.1, 0.15) is 0 Å². The fraction of sp³-hybridized carbons (Fsp3) is 0.500. The van der Waals surface area contributed by atoms with Crippen LogP contribution in [0.2, 0.25) is 0 Å². The third-order valence-electron chi connectivity index (χ3n) is 5.10. The van der Waals surface area contributed by atoms with Crippen LogP contribution in [-0.4, -0.2) is 46.4 Å². The van der Waals surface area contributed by atoms with Crippen LogP contribution in [0.3, 0.4) is 0 Å². The minimum Gasteiger partial charge on any atom is -0.481 e. The molecule has 0 aromatic heterocycles. The van der Waals surface area contributed by atoms with Gasteiger partial charge in [-0.2, -0.15) is 0 Å². The van der Waals surface area contributed by atoms with Crippen LogP contribution in [0.4, 0.5) is 0 Å². The van der Waals surface area contributed by atoms with Crippen LogP contribution in [0.1, 0.15) is 11.1 Å². The molecule has 0 bridgehead atoms. The van der Waals surface area contributed by atoms with Gasteiger partial charge in [-0.05, 0) is 23.0 Å². The van der Waals surface area contributed by atoms with Crippen LogP contribution < -0.4 is 0 Å². The number of carbonyl (C=O) groups excluding carboxylic acids is 1. The van der Waals surface area contributed by atoms with Crippen LogP contribution in [0, 0.1) is 17.8 Å². The number of likely N-dealkylation sites (tertiary alicyclic amines) is 1. The molecule has 1 aromatic carbocycles.